The van der Waals surface area contributed by atoms with Crippen molar-refractivity contribution in [3.63, 3.8) is 0 Å². The first-order chi connectivity index (χ1) is 11.3. The number of H-pyrrole nitrogens is 1. The van der Waals surface area contributed by atoms with E-state index in [2.05, 4.69) is 35.6 Å². The molecule has 2 aromatic rings. The summed E-state index contributed by atoms with van der Waals surface area (Å²) in [6.45, 7) is 1.07. The predicted molar refractivity (Wildman–Crippen MR) is 80.2 cm³/mol. The van der Waals surface area contributed by atoms with E-state index in [0.29, 0.717) is 12.4 Å². The van der Waals surface area contributed by atoms with Gasteiger partial charge in [-0.25, -0.2) is 15.0 Å². The molecule has 0 spiro atoms. The van der Waals surface area contributed by atoms with Crippen molar-refractivity contribution in [2.75, 3.05) is 11.9 Å². The highest BCUT2D eigenvalue weighted by atomic mass is 19.4. The first-order valence-electron chi connectivity index (χ1n) is 7.23. The second kappa shape index (κ2) is 7.75. The number of aromatic amines is 1. The topological polar surface area (TPSA) is 123 Å². The standard InChI is InChI=1S/C12H18F3N9/c1-8-19-9(22-21-8)4-2-3-5-24-7-18-11(23-24)20-10(16)17-6-12(13,14)15/h7H,2-6H2,1H3,(H,19,21,22)(H3,16,17,20,23). The van der Waals surface area contributed by atoms with Crippen LogP contribution in [0.1, 0.15) is 24.5 Å². The average molecular weight is 345 g/mol. The van der Waals surface area contributed by atoms with Gasteiger partial charge in [0.05, 0.1) is 0 Å². The summed E-state index contributed by atoms with van der Waals surface area (Å²) in [5.74, 6) is 1.26. The van der Waals surface area contributed by atoms with Crippen LogP contribution in [0.15, 0.2) is 11.3 Å². The summed E-state index contributed by atoms with van der Waals surface area (Å²) in [7, 11) is 0. The molecule has 0 amide bonds. The molecule has 4 N–H and O–H groups in total. The minimum Gasteiger partial charge on any atom is -0.370 e. The van der Waals surface area contributed by atoms with Crippen molar-refractivity contribution >= 4 is 11.9 Å². The van der Waals surface area contributed by atoms with Gasteiger partial charge < -0.3 is 5.73 Å². The second-order valence-corrected chi connectivity index (χ2v) is 5.06. The minimum atomic E-state index is -4.40. The van der Waals surface area contributed by atoms with E-state index in [4.69, 9.17) is 5.73 Å². The fourth-order valence-corrected chi connectivity index (χ4v) is 1.86. The number of aliphatic imine (C=N–C) groups is 1. The van der Waals surface area contributed by atoms with Crippen LogP contribution < -0.4 is 11.1 Å². The highest BCUT2D eigenvalue weighted by molar-refractivity contribution is 5.90. The third-order valence-electron chi connectivity index (χ3n) is 2.90. The van der Waals surface area contributed by atoms with Crippen molar-refractivity contribution < 1.29 is 13.2 Å². The third-order valence-corrected chi connectivity index (χ3v) is 2.90. The molecular formula is C12H18F3N9. The van der Waals surface area contributed by atoms with E-state index in [1.54, 1.807) is 4.68 Å². The number of aromatic nitrogens is 6. The van der Waals surface area contributed by atoms with Crippen LogP contribution in [0, 0.1) is 6.92 Å². The lowest BCUT2D eigenvalue weighted by atomic mass is 10.2. The van der Waals surface area contributed by atoms with Crippen LogP contribution in [0.25, 0.3) is 0 Å². The van der Waals surface area contributed by atoms with Gasteiger partial charge in [-0.2, -0.15) is 18.3 Å². The monoisotopic (exact) mass is 345 g/mol. The van der Waals surface area contributed by atoms with Crippen LogP contribution in [0.4, 0.5) is 19.1 Å². The van der Waals surface area contributed by atoms with Crippen LogP contribution in [-0.2, 0) is 13.0 Å². The number of nitrogens with two attached hydrogens (primary N) is 1. The lowest BCUT2D eigenvalue weighted by Crippen LogP contribution is -2.26. The first kappa shape index (κ1) is 17.7. The Hall–Kier alpha value is -2.66. The summed E-state index contributed by atoms with van der Waals surface area (Å²) >= 11 is 0. The maximum absolute atomic E-state index is 12.0. The maximum Gasteiger partial charge on any atom is 0.408 e. The van der Waals surface area contributed by atoms with Crippen LogP contribution in [0.3, 0.4) is 0 Å². The zero-order valence-electron chi connectivity index (χ0n) is 13.0. The molecule has 24 heavy (non-hydrogen) atoms. The number of hydrogen-bond donors (Lipinski definition) is 3. The lowest BCUT2D eigenvalue weighted by molar-refractivity contribution is -0.118. The van der Waals surface area contributed by atoms with Gasteiger partial charge in [-0.05, 0) is 19.8 Å². The van der Waals surface area contributed by atoms with Crippen molar-refractivity contribution in [2.24, 2.45) is 10.7 Å². The van der Waals surface area contributed by atoms with Crippen molar-refractivity contribution in [2.45, 2.75) is 38.9 Å². The Morgan fingerprint density at radius 1 is 1.42 bits per heavy atom. The summed E-state index contributed by atoms with van der Waals surface area (Å²) in [6, 6.07) is 0. The van der Waals surface area contributed by atoms with E-state index in [1.165, 1.54) is 6.33 Å². The molecular weight excluding hydrogens is 327 g/mol. The Kier molecular flexibility index (Phi) is 5.71. The van der Waals surface area contributed by atoms with Crippen molar-refractivity contribution in [3.05, 3.63) is 18.0 Å². The molecule has 0 fully saturated rings. The fraction of sp³-hybridized carbons (Fsp3) is 0.583. The number of hydrogen-bond acceptors (Lipinski definition) is 5. The van der Waals surface area contributed by atoms with E-state index in [1.807, 2.05) is 6.92 Å². The largest absolute Gasteiger partial charge is 0.408 e. The van der Waals surface area contributed by atoms with Gasteiger partial charge in [0.1, 0.15) is 24.5 Å². The number of alkyl halides is 3. The molecule has 132 valence electrons. The molecule has 0 bridgehead atoms. The summed E-state index contributed by atoms with van der Waals surface area (Å²) in [4.78, 5) is 11.3. The Morgan fingerprint density at radius 2 is 2.21 bits per heavy atom. The van der Waals surface area contributed by atoms with Crippen LogP contribution >= 0.6 is 0 Å². The summed E-state index contributed by atoms with van der Waals surface area (Å²) < 4.78 is 37.6. The Bertz CT molecular complexity index is 673. The Balaban J connectivity index is 1.72. The third kappa shape index (κ3) is 6.22. The summed E-state index contributed by atoms with van der Waals surface area (Å²) in [5.41, 5.74) is 5.34. The van der Waals surface area contributed by atoms with E-state index in [9.17, 15) is 13.2 Å². The molecule has 0 aromatic carbocycles. The SMILES string of the molecule is Cc1n[nH]c(CCCCn2cnc(NC(N)=NCC(F)(F)F)n2)n1. The van der Waals surface area contributed by atoms with Gasteiger partial charge in [0.25, 0.3) is 0 Å². The summed E-state index contributed by atoms with van der Waals surface area (Å²) in [6.07, 6.45) is -0.441. The highest BCUT2D eigenvalue weighted by Crippen LogP contribution is 2.14. The zero-order chi connectivity index (χ0) is 17.6. The summed E-state index contributed by atoms with van der Waals surface area (Å²) in [5, 5.41) is 13.3. The number of nitrogens with one attached hydrogen (secondary N) is 2. The second-order valence-electron chi connectivity index (χ2n) is 5.06. The van der Waals surface area contributed by atoms with Gasteiger partial charge >= 0.3 is 6.18 Å². The number of halogens is 3. The van der Waals surface area contributed by atoms with Gasteiger partial charge in [-0.3, -0.25) is 15.1 Å². The molecule has 2 rings (SSSR count). The maximum atomic E-state index is 12.0. The lowest BCUT2D eigenvalue weighted by Gasteiger charge is -2.04. The number of rotatable bonds is 7. The molecule has 0 radical (unpaired) electrons. The minimum absolute atomic E-state index is 0.101. The van der Waals surface area contributed by atoms with Crippen molar-refractivity contribution in [1.82, 2.24) is 29.9 Å². The fourth-order valence-electron chi connectivity index (χ4n) is 1.86. The number of nitrogens with zero attached hydrogens (tertiary/aromatic N) is 6. The molecule has 0 saturated carbocycles. The van der Waals surface area contributed by atoms with E-state index >= 15 is 0 Å². The van der Waals surface area contributed by atoms with Gasteiger partial charge in [0.2, 0.25) is 5.95 Å². The number of aryl methyl sites for hydroxylation is 3. The molecule has 9 nitrogen and oxygen atoms in total. The van der Waals surface area contributed by atoms with E-state index in [0.717, 1.165) is 25.1 Å². The molecule has 0 aliphatic rings. The predicted octanol–water partition coefficient (Wildman–Crippen LogP) is 1.02. The quantitative estimate of drug-likeness (QED) is 0.391. The van der Waals surface area contributed by atoms with Crippen LogP contribution in [0.2, 0.25) is 0 Å². The number of anilines is 1. The van der Waals surface area contributed by atoms with Gasteiger partial charge in [0.15, 0.2) is 5.96 Å². The molecule has 0 atom stereocenters. The molecule has 2 aromatic heterocycles. The van der Waals surface area contributed by atoms with Crippen molar-refractivity contribution in [3.8, 4) is 0 Å². The van der Waals surface area contributed by atoms with Gasteiger partial charge in [0, 0.05) is 13.0 Å². The first-order valence-corrected chi connectivity index (χ1v) is 7.23. The molecule has 2 heterocycles. The Morgan fingerprint density at radius 3 is 2.88 bits per heavy atom. The normalized spacial score (nSPS) is 12.6. The molecule has 0 aliphatic heterocycles. The number of guanidine groups is 1. The van der Waals surface area contributed by atoms with Gasteiger partial charge in [-0.1, -0.05) is 0 Å². The molecule has 0 unspecified atom stereocenters. The highest BCUT2D eigenvalue weighted by Gasteiger charge is 2.26. The average Bonchev–Trinajstić information content (AvgIpc) is 3.10. The van der Waals surface area contributed by atoms with E-state index in [-0.39, 0.29) is 11.9 Å². The zero-order valence-corrected chi connectivity index (χ0v) is 13.0. The van der Waals surface area contributed by atoms with Crippen LogP contribution in [-0.4, -0.2) is 48.6 Å². The smallest absolute Gasteiger partial charge is 0.370 e. The number of unbranched alkanes of at least 4 members (excludes halogenated alkanes) is 1. The van der Waals surface area contributed by atoms with E-state index < -0.39 is 12.7 Å². The molecule has 12 heteroatoms. The van der Waals surface area contributed by atoms with Crippen LogP contribution in [0.5, 0.6) is 0 Å². The molecule has 0 aliphatic carbocycles. The van der Waals surface area contributed by atoms with Gasteiger partial charge in [-0.15, -0.1) is 5.10 Å². The molecule has 0 saturated heterocycles. The van der Waals surface area contributed by atoms with Crippen molar-refractivity contribution in [1.29, 1.82) is 0 Å². The Labute approximate surface area is 135 Å².